The van der Waals surface area contributed by atoms with Crippen molar-refractivity contribution in [2.45, 2.75) is 13.3 Å². The van der Waals surface area contributed by atoms with Gasteiger partial charge in [0.2, 0.25) is 5.91 Å². The summed E-state index contributed by atoms with van der Waals surface area (Å²) in [4.78, 5) is 36.9. The van der Waals surface area contributed by atoms with Crippen molar-refractivity contribution in [2.75, 3.05) is 37.6 Å². The quantitative estimate of drug-likeness (QED) is 0.687. The summed E-state index contributed by atoms with van der Waals surface area (Å²) in [7, 11) is 0. The Hall–Kier alpha value is -3.01. The van der Waals surface area contributed by atoms with Crippen LogP contribution in [0, 0.1) is 6.92 Å². The molecule has 3 aromatic rings. The van der Waals surface area contributed by atoms with Crippen LogP contribution in [-0.2, 0) is 4.79 Å². The van der Waals surface area contributed by atoms with Crippen LogP contribution in [0.5, 0.6) is 0 Å². The van der Waals surface area contributed by atoms with Crippen LogP contribution in [0.25, 0.3) is 5.78 Å². The number of fused-ring (bicyclic) bond motifs is 1. The highest BCUT2D eigenvalue weighted by Gasteiger charge is 2.23. The summed E-state index contributed by atoms with van der Waals surface area (Å²) in [6, 6.07) is 3.76. The normalized spacial score (nSPS) is 14.5. The van der Waals surface area contributed by atoms with Gasteiger partial charge >= 0.3 is 0 Å². The number of nitrogens with zero attached hydrogens (tertiary/aromatic N) is 6. The van der Waals surface area contributed by atoms with Crippen LogP contribution in [0.2, 0.25) is 0 Å². The summed E-state index contributed by atoms with van der Waals surface area (Å²) in [5, 5.41) is 10.7. The van der Waals surface area contributed by atoms with E-state index < -0.39 is 0 Å². The second kappa shape index (κ2) is 7.93. The molecule has 0 unspecified atom stereocenters. The molecule has 1 saturated heterocycles. The predicted octanol–water partition coefficient (Wildman–Crippen LogP) is 0.963. The van der Waals surface area contributed by atoms with E-state index in [4.69, 9.17) is 0 Å². The van der Waals surface area contributed by atoms with Crippen molar-refractivity contribution in [2.24, 2.45) is 0 Å². The van der Waals surface area contributed by atoms with E-state index in [-0.39, 0.29) is 11.8 Å². The maximum atomic E-state index is 12.5. The number of carbonyl (C=O) groups excluding carboxylic acids is 2. The van der Waals surface area contributed by atoms with Crippen molar-refractivity contribution in [1.29, 1.82) is 0 Å². The summed E-state index contributed by atoms with van der Waals surface area (Å²) in [6.07, 6.45) is 1.80. The molecule has 0 bridgehead atoms. The Kier molecular flexibility index (Phi) is 5.20. The molecule has 0 aliphatic carbocycles. The SMILES string of the molecule is Cc1cc(N2CCN(C(=O)CCNC(=O)c3ccsc3)CC2)n2ncnc2n1. The zero-order valence-electron chi connectivity index (χ0n) is 15.5. The van der Waals surface area contributed by atoms with Gasteiger partial charge in [0.25, 0.3) is 11.7 Å². The Morgan fingerprint density at radius 2 is 2.07 bits per heavy atom. The zero-order chi connectivity index (χ0) is 19.5. The van der Waals surface area contributed by atoms with Gasteiger partial charge in [-0.15, -0.1) is 0 Å². The molecule has 1 aliphatic heterocycles. The lowest BCUT2D eigenvalue weighted by Gasteiger charge is -2.36. The Balaban J connectivity index is 1.29. The predicted molar refractivity (Wildman–Crippen MR) is 106 cm³/mol. The summed E-state index contributed by atoms with van der Waals surface area (Å²) >= 11 is 1.48. The molecule has 1 fully saturated rings. The highest BCUT2D eigenvalue weighted by molar-refractivity contribution is 7.08. The smallest absolute Gasteiger partial charge is 0.254 e. The summed E-state index contributed by atoms with van der Waals surface area (Å²) in [6.45, 7) is 4.97. The minimum atomic E-state index is -0.135. The molecular weight excluding hydrogens is 378 g/mol. The van der Waals surface area contributed by atoms with E-state index in [1.54, 1.807) is 16.0 Å². The number of hydrogen-bond acceptors (Lipinski definition) is 7. The molecule has 3 aromatic heterocycles. The number of hydrogen-bond donors (Lipinski definition) is 1. The summed E-state index contributed by atoms with van der Waals surface area (Å²) < 4.78 is 1.73. The first kappa shape index (κ1) is 18.4. The Morgan fingerprint density at radius 3 is 2.82 bits per heavy atom. The summed E-state index contributed by atoms with van der Waals surface area (Å²) in [5.74, 6) is 1.44. The fraction of sp³-hybridized carbons (Fsp3) is 0.389. The minimum Gasteiger partial charge on any atom is -0.353 e. The van der Waals surface area contributed by atoms with Crippen molar-refractivity contribution in [3.63, 3.8) is 0 Å². The largest absolute Gasteiger partial charge is 0.353 e. The molecule has 1 aliphatic rings. The van der Waals surface area contributed by atoms with Crippen LogP contribution in [0.4, 0.5) is 5.82 Å². The van der Waals surface area contributed by atoms with Crippen molar-refractivity contribution >= 4 is 34.7 Å². The highest BCUT2D eigenvalue weighted by Crippen LogP contribution is 2.18. The molecule has 1 N–H and O–H groups in total. The van der Waals surface area contributed by atoms with Crippen LogP contribution >= 0.6 is 11.3 Å². The van der Waals surface area contributed by atoms with Crippen LogP contribution in [0.15, 0.2) is 29.2 Å². The number of rotatable bonds is 5. The van der Waals surface area contributed by atoms with E-state index in [1.165, 1.54) is 17.7 Å². The second-order valence-corrected chi connectivity index (χ2v) is 7.39. The van der Waals surface area contributed by atoms with E-state index in [0.717, 1.165) is 11.5 Å². The van der Waals surface area contributed by atoms with E-state index in [2.05, 4.69) is 25.3 Å². The van der Waals surface area contributed by atoms with E-state index >= 15 is 0 Å². The molecule has 0 atom stereocenters. The molecule has 0 aromatic carbocycles. The van der Waals surface area contributed by atoms with Gasteiger partial charge in [0.15, 0.2) is 0 Å². The van der Waals surface area contributed by atoms with Crippen molar-refractivity contribution in [3.05, 3.63) is 40.5 Å². The van der Waals surface area contributed by atoms with Gasteiger partial charge in [0, 0.05) is 61.8 Å². The number of carbonyl (C=O) groups is 2. The molecule has 10 heteroatoms. The average molecular weight is 399 g/mol. The molecule has 0 spiro atoms. The standard InChI is InChI=1S/C18H21N7O2S/c1-13-10-15(25-18(22-13)20-12-21-25)23-5-7-24(8-6-23)16(26)2-4-19-17(27)14-3-9-28-11-14/h3,9-12H,2,4-8H2,1H3,(H,19,27). The number of piperazine rings is 1. The molecule has 4 heterocycles. The molecule has 28 heavy (non-hydrogen) atoms. The van der Waals surface area contributed by atoms with Crippen LogP contribution in [0.1, 0.15) is 22.5 Å². The van der Waals surface area contributed by atoms with Gasteiger partial charge in [-0.2, -0.15) is 25.9 Å². The first-order valence-corrected chi connectivity index (χ1v) is 10.1. The first-order valence-electron chi connectivity index (χ1n) is 9.12. The first-order chi connectivity index (χ1) is 13.6. The van der Waals surface area contributed by atoms with Gasteiger partial charge in [-0.1, -0.05) is 0 Å². The molecule has 0 radical (unpaired) electrons. The molecular formula is C18H21N7O2S. The topological polar surface area (TPSA) is 95.7 Å². The molecule has 2 amide bonds. The third kappa shape index (κ3) is 3.81. The van der Waals surface area contributed by atoms with Crippen LogP contribution in [-0.4, -0.2) is 69.0 Å². The number of aromatic nitrogens is 4. The Bertz CT molecular complexity index is 977. The Morgan fingerprint density at radius 1 is 1.25 bits per heavy atom. The van der Waals surface area contributed by atoms with Crippen LogP contribution in [0.3, 0.4) is 0 Å². The van der Waals surface area contributed by atoms with Gasteiger partial charge < -0.3 is 15.1 Å². The molecule has 0 saturated carbocycles. The lowest BCUT2D eigenvalue weighted by atomic mass is 10.2. The number of thiophene rings is 1. The zero-order valence-corrected chi connectivity index (χ0v) is 16.4. The summed E-state index contributed by atoms with van der Waals surface area (Å²) in [5.41, 5.74) is 1.52. The molecule has 4 rings (SSSR count). The fourth-order valence-corrected chi connectivity index (χ4v) is 3.89. The maximum absolute atomic E-state index is 12.5. The van der Waals surface area contributed by atoms with Crippen molar-refractivity contribution in [1.82, 2.24) is 29.8 Å². The number of nitrogens with one attached hydrogen (secondary N) is 1. The maximum Gasteiger partial charge on any atom is 0.254 e. The van der Waals surface area contributed by atoms with Crippen molar-refractivity contribution < 1.29 is 9.59 Å². The average Bonchev–Trinajstić information content (AvgIpc) is 3.39. The monoisotopic (exact) mass is 399 g/mol. The van der Waals surface area contributed by atoms with Crippen molar-refractivity contribution in [3.8, 4) is 0 Å². The number of amides is 2. The third-order valence-electron chi connectivity index (χ3n) is 4.73. The van der Waals surface area contributed by atoms with Gasteiger partial charge in [-0.3, -0.25) is 9.59 Å². The van der Waals surface area contributed by atoms with Gasteiger partial charge in [0.1, 0.15) is 12.1 Å². The minimum absolute atomic E-state index is 0.0575. The van der Waals surface area contributed by atoms with Gasteiger partial charge in [-0.25, -0.2) is 4.98 Å². The second-order valence-electron chi connectivity index (χ2n) is 6.61. The highest BCUT2D eigenvalue weighted by atomic mass is 32.1. The lowest BCUT2D eigenvalue weighted by molar-refractivity contribution is -0.131. The molecule has 9 nitrogen and oxygen atoms in total. The molecule has 146 valence electrons. The van der Waals surface area contributed by atoms with E-state index in [9.17, 15) is 9.59 Å². The lowest BCUT2D eigenvalue weighted by Crippen LogP contribution is -2.49. The van der Waals surface area contributed by atoms with Gasteiger partial charge in [-0.05, 0) is 18.4 Å². The van der Waals surface area contributed by atoms with E-state index in [0.29, 0.717) is 50.5 Å². The number of anilines is 1. The van der Waals surface area contributed by atoms with Gasteiger partial charge in [0.05, 0.1) is 0 Å². The Labute approximate surface area is 166 Å². The fourth-order valence-electron chi connectivity index (χ4n) is 3.26. The van der Waals surface area contributed by atoms with Crippen LogP contribution < -0.4 is 10.2 Å². The third-order valence-corrected chi connectivity index (χ3v) is 5.41. The van der Waals surface area contributed by atoms with E-state index in [1.807, 2.05) is 23.3 Å². The number of aryl methyl sites for hydroxylation is 1.